The van der Waals surface area contributed by atoms with E-state index in [1.54, 1.807) is 18.2 Å². The van der Waals surface area contributed by atoms with Gasteiger partial charge < -0.3 is 20.9 Å². The summed E-state index contributed by atoms with van der Waals surface area (Å²) in [7, 11) is 0. The van der Waals surface area contributed by atoms with Crippen LogP contribution in [0, 0.1) is 0 Å². The molecular weight excluding hydrogens is 236 g/mol. The van der Waals surface area contributed by atoms with Crippen LogP contribution in [0.1, 0.15) is 11.6 Å². The van der Waals surface area contributed by atoms with Gasteiger partial charge in [0.25, 0.3) is 5.91 Å². The number of benzene rings is 1. The van der Waals surface area contributed by atoms with Crippen molar-refractivity contribution in [1.29, 1.82) is 0 Å². The standard InChI is InChI=1S/C12H12N2O4/c13-8(2-4-12(16)17)7-1-3-10-9(5-7)14-11(15)6-18-10/h1-5,8H,6,13H2,(H,14,15)(H,16,17)/b4-2+. The maximum Gasteiger partial charge on any atom is 0.328 e. The number of hydrogen-bond donors (Lipinski definition) is 3. The van der Waals surface area contributed by atoms with Gasteiger partial charge in [0.2, 0.25) is 0 Å². The molecule has 0 radical (unpaired) electrons. The van der Waals surface area contributed by atoms with E-state index in [1.165, 1.54) is 6.08 Å². The number of nitrogens with two attached hydrogens (primary N) is 1. The van der Waals surface area contributed by atoms with Gasteiger partial charge in [-0.05, 0) is 17.7 Å². The molecule has 1 aliphatic rings. The van der Waals surface area contributed by atoms with Crippen LogP contribution in [-0.4, -0.2) is 23.6 Å². The minimum atomic E-state index is -1.06. The summed E-state index contributed by atoms with van der Waals surface area (Å²) in [5.74, 6) is -0.706. The first-order valence-electron chi connectivity index (χ1n) is 5.29. The van der Waals surface area contributed by atoms with Crippen molar-refractivity contribution in [2.75, 3.05) is 11.9 Å². The zero-order valence-electron chi connectivity index (χ0n) is 9.42. The first kappa shape index (κ1) is 12.1. The number of rotatable bonds is 3. The van der Waals surface area contributed by atoms with Crippen molar-refractivity contribution in [2.45, 2.75) is 6.04 Å². The summed E-state index contributed by atoms with van der Waals surface area (Å²) < 4.78 is 5.20. The molecule has 1 aromatic rings. The lowest BCUT2D eigenvalue weighted by Crippen LogP contribution is -2.25. The van der Waals surface area contributed by atoms with Crippen molar-refractivity contribution in [3.8, 4) is 5.75 Å². The molecule has 1 atom stereocenters. The lowest BCUT2D eigenvalue weighted by Gasteiger charge is -2.19. The molecule has 0 bridgehead atoms. The quantitative estimate of drug-likeness (QED) is 0.682. The monoisotopic (exact) mass is 248 g/mol. The van der Waals surface area contributed by atoms with E-state index in [9.17, 15) is 9.59 Å². The molecule has 0 fully saturated rings. The summed E-state index contributed by atoms with van der Waals surface area (Å²) >= 11 is 0. The minimum absolute atomic E-state index is 0.00266. The molecule has 0 aromatic heterocycles. The van der Waals surface area contributed by atoms with Crippen LogP contribution in [-0.2, 0) is 9.59 Å². The number of carbonyl (C=O) groups excluding carboxylic acids is 1. The average Bonchev–Trinajstić information content (AvgIpc) is 2.34. The minimum Gasteiger partial charge on any atom is -0.482 e. The number of carbonyl (C=O) groups is 2. The van der Waals surface area contributed by atoms with Gasteiger partial charge in [0.15, 0.2) is 6.61 Å². The van der Waals surface area contributed by atoms with Crippen molar-refractivity contribution in [2.24, 2.45) is 5.73 Å². The molecule has 18 heavy (non-hydrogen) atoms. The van der Waals surface area contributed by atoms with E-state index in [0.29, 0.717) is 17.0 Å². The van der Waals surface area contributed by atoms with Gasteiger partial charge in [-0.25, -0.2) is 4.79 Å². The molecular formula is C12H12N2O4. The van der Waals surface area contributed by atoms with E-state index >= 15 is 0 Å². The van der Waals surface area contributed by atoms with Crippen LogP contribution in [0.2, 0.25) is 0 Å². The van der Waals surface area contributed by atoms with E-state index in [1.807, 2.05) is 0 Å². The van der Waals surface area contributed by atoms with Crippen molar-refractivity contribution in [1.82, 2.24) is 0 Å². The Labute approximate surface area is 103 Å². The molecule has 0 spiro atoms. The number of carboxylic acid groups (broad SMARTS) is 1. The van der Waals surface area contributed by atoms with E-state index < -0.39 is 12.0 Å². The second-order valence-electron chi connectivity index (χ2n) is 3.82. The van der Waals surface area contributed by atoms with Gasteiger partial charge in [0, 0.05) is 12.1 Å². The van der Waals surface area contributed by atoms with Gasteiger partial charge in [-0.3, -0.25) is 4.79 Å². The SMILES string of the molecule is NC(/C=C/C(=O)O)c1ccc2c(c1)NC(=O)CO2. The predicted molar refractivity (Wildman–Crippen MR) is 64.3 cm³/mol. The third-order valence-corrected chi connectivity index (χ3v) is 2.47. The second kappa shape index (κ2) is 4.89. The number of fused-ring (bicyclic) bond motifs is 1. The topological polar surface area (TPSA) is 102 Å². The Kier molecular flexibility index (Phi) is 3.29. The second-order valence-corrected chi connectivity index (χ2v) is 3.82. The van der Waals surface area contributed by atoms with Crippen LogP contribution < -0.4 is 15.8 Å². The van der Waals surface area contributed by atoms with Gasteiger partial charge in [0.1, 0.15) is 5.75 Å². The van der Waals surface area contributed by atoms with Crippen molar-refractivity contribution in [3.63, 3.8) is 0 Å². The summed E-state index contributed by atoms with van der Waals surface area (Å²) in [6, 6.07) is 4.54. The molecule has 1 aromatic carbocycles. The third kappa shape index (κ3) is 2.67. The third-order valence-electron chi connectivity index (χ3n) is 2.47. The first-order chi connectivity index (χ1) is 8.56. The number of nitrogens with one attached hydrogen (secondary N) is 1. The average molecular weight is 248 g/mol. The number of carboxylic acids is 1. The number of hydrogen-bond acceptors (Lipinski definition) is 4. The summed E-state index contributed by atoms with van der Waals surface area (Å²) in [6.07, 6.45) is 2.36. The lowest BCUT2D eigenvalue weighted by molar-refractivity contribution is -0.131. The Hall–Kier alpha value is -2.34. The molecule has 6 nitrogen and oxygen atoms in total. The number of ether oxygens (including phenoxy) is 1. The number of anilines is 1. The summed E-state index contributed by atoms with van der Waals surface area (Å²) in [6.45, 7) is -0.00266. The van der Waals surface area contributed by atoms with Crippen LogP contribution in [0.3, 0.4) is 0 Å². The smallest absolute Gasteiger partial charge is 0.328 e. The fourth-order valence-corrected chi connectivity index (χ4v) is 1.61. The number of amides is 1. The van der Waals surface area contributed by atoms with Gasteiger partial charge in [-0.1, -0.05) is 12.1 Å². The normalized spacial score (nSPS) is 15.7. The molecule has 0 aliphatic carbocycles. The Morgan fingerprint density at radius 1 is 1.56 bits per heavy atom. The molecule has 94 valence electrons. The predicted octanol–water partition coefficient (Wildman–Crippen LogP) is 0.658. The van der Waals surface area contributed by atoms with Gasteiger partial charge in [-0.2, -0.15) is 0 Å². The molecule has 6 heteroatoms. The van der Waals surface area contributed by atoms with Crippen LogP contribution in [0.4, 0.5) is 5.69 Å². The van der Waals surface area contributed by atoms with Gasteiger partial charge in [0.05, 0.1) is 5.69 Å². The summed E-state index contributed by atoms with van der Waals surface area (Å²) in [5, 5.41) is 11.2. The first-order valence-corrected chi connectivity index (χ1v) is 5.29. The summed E-state index contributed by atoms with van der Waals surface area (Å²) in [4.78, 5) is 21.6. The fourth-order valence-electron chi connectivity index (χ4n) is 1.61. The maximum atomic E-state index is 11.2. The lowest BCUT2D eigenvalue weighted by atomic mass is 10.1. The highest BCUT2D eigenvalue weighted by atomic mass is 16.5. The van der Waals surface area contributed by atoms with Crippen LogP contribution in [0.25, 0.3) is 0 Å². The zero-order chi connectivity index (χ0) is 13.1. The van der Waals surface area contributed by atoms with Crippen molar-refractivity contribution >= 4 is 17.6 Å². The highest BCUT2D eigenvalue weighted by Gasteiger charge is 2.16. The van der Waals surface area contributed by atoms with E-state index in [2.05, 4.69) is 5.32 Å². The van der Waals surface area contributed by atoms with Crippen molar-refractivity contribution < 1.29 is 19.4 Å². The van der Waals surface area contributed by atoms with E-state index in [4.69, 9.17) is 15.6 Å². The molecule has 1 heterocycles. The highest BCUT2D eigenvalue weighted by molar-refractivity contribution is 5.95. The number of aliphatic carboxylic acids is 1. The fraction of sp³-hybridized carbons (Fsp3) is 0.167. The van der Waals surface area contributed by atoms with Crippen LogP contribution in [0.15, 0.2) is 30.4 Å². The molecule has 2 rings (SSSR count). The molecule has 1 aliphatic heterocycles. The summed E-state index contributed by atoms with van der Waals surface area (Å²) in [5.41, 5.74) is 7.04. The van der Waals surface area contributed by atoms with Crippen LogP contribution >= 0.6 is 0 Å². The largest absolute Gasteiger partial charge is 0.482 e. The Bertz CT molecular complexity index is 525. The molecule has 1 amide bonds. The van der Waals surface area contributed by atoms with E-state index in [-0.39, 0.29) is 12.5 Å². The van der Waals surface area contributed by atoms with Crippen molar-refractivity contribution in [3.05, 3.63) is 35.9 Å². The molecule has 4 N–H and O–H groups in total. The van der Waals surface area contributed by atoms with Crippen LogP contribution in [0.5, 0.6) is 5.75 Å². The van der Waals surface area contributed by atoms with Gasteiger partial charge in [-0.15, -0.1) is 0 Å². The molecule has 1 unspecified atom stereocenters. The Morgan fingerprint density at radius 3 is 3.06 bits per heavy atom. The Balaban J connectivity index is 2.22. The zero-order valence-corrected chi connectivity index (χ0v) is 9.42. The highest BCUT2D eigenvalue weighted by Crippen LogP contribution is 2.30. The molecule has 0 saturated heterocycles. The van der Waals surface area contributed by atoms with Gasteiger partial charge >= 0.3 is 5.97 Å². The maximum absolute atomic E-state index is 11.2. The van der Waals surface area contributed by atoms with E-state index in [0.717, 1.165) is 6.08 Å². The Morgan fingerprint density at radius 2 is 2.33 bits per heavy atom. The molecule has 0 saturated carbocycles.